The standard InChI is InChI=1S/C24H24N4O4/c29-23-21-22(25-17-26(21)13-15-32-19-10-5-2-6-11-19)28(18-8-3-1-4-9-18)24(30)27(23)16-20-12-7-14-31-20/h1-6,8-11,17,20H,7,12-16H2. The second-order valence-electron chi connectivity index (χ2n) is 7.78. The minimum absolute atomic E-state index is 0.139. The van der Waals surface area contributed by atoms with E-state index in [4.69, 9.17) is 9.47 Å². The fourth-order valence-electron chi connectivity index (χ4n) is 4.09. The van der Waals surface area contributed by atoms with Gasteiger partial charge in [-0.3, -0.25) is 9.36 Å². The molecule has 1 atom stereocenters. The molecule has 2 aromatic heterocycles. The zero-order valence-corrected chi connectivity index (χ0v) is 17.6. The number of nitrogens with zero attached hydrogens (tertiary/aromatic N) is 4. The van der Waals surface area contributed by atoms with Crippen LogP contribution in [0.15, 0.2) is 76.6 Å². The van der Waals surface area contributed by atoms with Gasteiger partial charge in [0.25, 0.3) is 5.56 Å². The highest BCUT2D eigenvalue weighted by molar-refractivity contribution is 5.72. The second-order valence-corrected chi connectivity index (χ2v) is 7.78. The molecule has 3 heterocycles. The summed E-state index contributed by atoms with van der Waals surface area (Å²) in [6.07, 6.45) is 3.22. The van der Waals surface area contributed by atoms with E-state index in [2.05, 4.69) is 4.98 Å². The molecule has 2 aromatic carbocycles. The summed E-state index contributed by atoms with van der Waals surface area (Å²) in [6, 6.07) is 18.8. The monoisotopic (exact) mass is 432 g/mol. The number of hydrogen-bond donors (Lipinski definition) is 0. The Kier molecular flexibility index (Phi) is 5.60. The van der Waals surface area contributed by atoms with Crippen LogP contribution in [0.2, 0.25) is 0 Å². The Hall–Kier alpha value is -3.65. The molecule has 8 nitrogen and oxygen atoms in total. The SMILES string of the molecule is O=c1c2c(ncn2CCOc2ccccc2)n(-c2ccccc2)c(=O)n1CC1CCCO1. The number of aromatic nitrogens is 4. The van der Waals surface area contributed by atoms with E-state index < -0.39 is 5.69 Å². The number of benzene rings is 2. The number of fused-ring (bicyclic) bond motifs is 1. The van der Waals surface area contributed by atoms with Crippen LogP contribution in [0.3, 0.4) is 0 Å². The maximum absolute atomic E-state index is 13.4. The molecule has 0 bridgehead atoms. The predicted molar refractivity (Wildman–Crippen MR) is 121 cm³/mol. The van der Waals surface area contributed by atoms with E-state index in [0.717, 1.165) is 18.6 Å². The molecule has 1 unspecified atom stereocenters. The van der Waals surface area contributed by atoms with Gasteiger partial charge in [-0.2, -0.15) is 0 Å². The molecule has 8 heteroatoms. The van der Waals surface area contributed by atoms with Gasteiger partial charge in [0.2, 0.25) is 0 Å². The molecule has 5 rings (SSSR count). The third-order valence-corrected chi connectivity index (χ3v) is 5.67. The lowest BCUT2D eigenvalue weighted by Crippen LogP contribution is -2.42. The van der Waals surface area contributed by atoms with Gasteiger partial charge in [-0.05, 0) is 37.1 Å². The minimum atomic E-state index is -0.407. The van der Waals surface area contributed by atoms with Gasteiger partial charge in [0, 0.05) is 6.61 Å². The number of ether oxygens (including phenoxy) is 2. The van der Waals surface area contributed by atoms with Crippen molar-refractivity contribution in [2.45, 2.75) is 32.0 Å². The van der Waals surface area contributed by atoms with Crippen LogP contribution >= 0.6 is 0 Å². The van der Waals surface area contributed by atoms with E-state index in [1.54, 1.807) is 10.9 Å². The van der Waals surface area contributed by atoms with Crippen molar-refractivity contribution in [3.8, 4) is 11.4 Å². The first-order valence-electron chi connectivity index (χ1n) is 10.8. The molecule has 32 heavy (non-hydrogen) atoms. The topological polar surface area (TPSA) is 80.3 Å². The van der Waals surface area contributed by atoms with Crippen LogP contribution in [0, 0.1) is 0 Å². The average Bonchev–Trinajstić information content (AvgIpc) is 3.49. The minimum Gasteiger partial charge on any atom is -0.492 e. The van der Waals surface area contributed by atoms with E-state index in [-0.39, 0.29) is 18.2 Å². The number of hydrogen-bond acceptors (Lipinski definition) is 5. The quantitative estimate of drug-likeness (QED) is 0.449. The van der Waals surface area contributed by atoms with Gasteiger partial charge in [0.1, 0.15) is 12.4 Å². The van der Waals surface area contributed by atoms with E-state index in [0.29, 0.717) is 36.6 Å². The van der Waals surface area contributed by atoms with Crippen molar-refractivity contribution in [2.24, 2.45) is 0 Å². The molecular formula is C24H24N4O4. The van der Waals surface area contributed by atoms with Crippen LogP contribution in [0.5, 0.6) is 5.75 Å². The van der Waals surface area contributed by atoms with Gasteiger partial charge < -0.3 is 14.0 Å². The van der Waals surface area contributed by atoms with Crippen LogP contribution < -0.4 is 16.0 Å². The molecule has 0 saturated carbocycles. The summed E-state index contributed by atoms with van der Waals surface area (Å²) >= 11 is 0. The Labute approximate surface area is 184 Å². The molecule has 0 spiro atoms. The van der Waals surface area contributed by atoms with Crippen LogP contribution in [-0.2, 0) is 17.8 Å². The summed E-state index contributed by atoms with van der Waals surface area (Å²) < 4.78 is 16.0. The summed E-state index contributed by atoms with van der Waals surface area (Å²) in [7, 11) is 0. The zero-order chi connectivity index (χ0) is 21.9. The number of imidazole rings is 1. The van der Waals surface area contributed by atoms with Crippen molar-refractivity contribution in [3.05, 3.63) is 87.8 Å². The normalized spacial score (nSPS) is 15.9. The third-order valence-electron chi connectivity index (χ3n) is 5.67. The fraction of sp³-hybridized carbons (Fsp3) is 0.292. The van der Waals surface area contributed by atoms with Crippen molar-refractivity contribution in [3.63, 3.8) is 0 Å². The summed E-state index contributed by atoms with van der Waals surface area (Å²) in [4.78, 5) is 31.3. The van der Waals surface area contributed by atoms with E-state index in [9.17, 15) is 9.59 Å². The van der Waals surface area contributed by atoms with E-state index in [1.165, 1.54) is 9.13 Å². The maximum atomic E-state index is 13.4. The summed E-state index contributed by atoms with van der Waals surface area (Å²) in [5, 5.41) is 0. The van der Waals surface area contributed by atoms with Crippen molar-refractivity contribution in [1.29, 1.82) is 0 Å². The average molecular weight is 432 g/mol. The molecule has 0 aliphatic carbocycles. The van der Waals surface area contributed by atoms with Crippen LogP contribution in [0.4, 0.5) is 0 Å². The summed E-state index contributed by atoms with van der Waals surface area (Å²) in [5.41, 5.74) is 0.617. The molecular weight excluding hydrogens is 408 g/mol. The molecule has 4 aromatic rings. The number of rotatable bonds is 7. The van der Waals surface area contributed by atoms with E-state index >= 15 is 0 Å². The largest absolute Gasteiger partial charge is 0.492 e. The molecule has 1 aliphatic heterocycles. The molecule has 1 fully saturated rings. The van der Waals surface area contributed by atoms with Crippen molar-refractivity contribution in [2.75, 3.05) is 13.2 Å². The maximum Gasteiger partial charge on any atom is 0.337 e. The van der Waals surface area contributed by atoms with Crippen LogP contribution in [0.1, 0.15) is 12.8 Å². The van der Waals surface area contributed by atoms with Crippen LogP contribution in [-0.4, -0.2) is 38.0 Å². The second kappa shape index (κ2) is 8.84. The first-order chi connectivity index (χ1) is 15.7. The Morgan fingerprint density at radius 2 is 1.78 bits per heavy atom. The smallest absolute Gasteiger partial charge is 0.337 e. The first-order valence-corrected chi connectivity index (χ1v) is 10.8. The van der Waals surface area contributed by atoms with Gasteiger partial charge in [0.15, 0.2) is 11.2 Å². The van der Waals surface area contributed by atoms with Crippen molar-refractivity contribution in [1.82, 2.24) is 18.7 Å². The zero-order valence-electron chi connectivity index (χ0n) is 17.6. The lowest BCUT2D eigenvalue weighted by Gasteiger charge is -2.15. The molecule has 0 amide bonds. The Morgan fingerprint density at radius 1 is 1.03 bits per heavy atom. The Bertz CT molecular complexity index is 1320. The highest BCUT2D eigenvalue weighted by Gasteiger charge is 2.23. The first kappa shape index (κ1) is 20.3. The third kappa shape index (κ3) is 3.85. The van der Waals surface area contributed by atoms with Gasteiger partial charge in [-0.25, -0.2) is 14.3 Å². The Morgan fingerprint density at radius 3 is 2.50 bits per heavy atom. The predicted octanol–water partition coefficient (Wildman–Crippen LogP) is 2.61. The van der Waals surface area contributed by atoms with Gasteiger partial charge in [-0.1, -0.05) is 36.4 Å². The van der Waals surface area contributed by atoms with Crippen LogP contribution in [0.25, 0.3) is 16.9 Å². The fourth-order valence-corrected chi connectivity index (χ4v) is 4.09. The van der Waals surface area contributed by atoms with Crippen molar-refractivity contribution >= 4 is 11.2 Å². The molecule has 164 valence electrons. The van der Waals surface area contributed by atoms with Crippen molar-refractivity contribution < 1.29 is 9.47 Å². The van der Waals surface area contributed by atoms with Gasteiger partial charge >= 0.3 is 5.69 Å². The summed E-state index contributed by atoms with van der Waals surface area (Å²) in [5.74, 6) is 0.758. The van der Waals surface area contributed by atoms with Gasteiger partial charge in [-0.15, -0.1) is 0 Å². The van der Waals surface area contributed by atoms with E-state index in [1.807, 2.05) is 60.7 Å². The Balaban J connectivity index is 1.57. The molecule has 0 N–H and O–H groups in total. The lowest BCUT2D eigenvalue weighted by atomic mass is 10.2. The molecule has 0 radical (unpaired) electrons. The lowest BCUT2D eigenvalue weighted by molar-refractivity contribution is 0.0950. The highest BCUT2D eigenvalue weighted by Crippen LogP contribution is 2.16. The highest BCUT2D eigenvalue weighted by atomic mass is 16.5. The van der Waals surface area contributed by atoms with Gasteiger partial charge in [0.05, 0.1) is 31.2 Å². The molecule has 1 saturated heterocycles. The summed E-state index contributed by atoms with van der Waals surface area (Å²) in [6.45, 7) is 1.67. The number of para-hydroxylation sites is 2. The molecule has 1 aliphatic rings.